The summed E-state index contributed by atoms with van der Waals surface area (Å²) in [6.45, 7) is 6.11. The predicted octanol–water partition coefficient (Wildman–Crippen LogP) is 3.69. The van der Waals surface area contributed by atoms with E-state index < -0.39 is 5.97 Å². The molecule has 2 aromatic rings. The van der Waals surface area contributed by atoms with Crippen molar-refractivity contribution in [2.45, 2.75) is 33.6 Å². The van der Waals surface area contributed by atoms with Gasteiger partial charge in [-0.15, -0.1) is 0 Å². The molecule has 1 aromatic carbocycles. The zero-order valence-electron chi connectivity index (χ0n) is 12.1. The van der Waals surface area contributed by atoms with Crippen LogP contribution >= 0.6 is 0 Å². The summed E-state index contributed by atoms with van der Waals surface area (Å²) in [5.74, 6) is -0.775. The van der Waals surface area contributed by atoms with Gasteiger partial charge in [-0.2, -0.15) is 0 Å². The Kier molecular flexibility index (Phi) is 4.18. The van der Waals surface area contributed by atoms with E-state index in [1.807, 2.05) is 19.1 Å². The molecule has 0 spiro atoms. The Bertz CT molecular complexity index is 647. The molecule has 3 nitrogen and oxygen atoms in total. The third-order valence-corrected chi connectivity index (χ3v) is 3.61. The molecular formula is C17H19NO2. The van der Waals surface area contributed by atoms with Crippen molar-refractivity contribution in [1.82, 2.24) is 4.98 Å². The van der Waals surface area contributed by atoms with Gasteiger partial charge in [0.15, 0.2) is 0 Å². The fourth-order valence-corrected chi connectivity index (χ4v) is 2.16. The van der Waals surface area contributed by atoms with Crippen LogP contribution in [0.15, 0.2) is 30.3 Å². The first-order valence-corrected chi connectivity index (χ1v) is 6.73. The summed E-state index contributed by atoms with van der Waals surface area (Å²) >= 11 is 0. The first-order chi connectivity index (χ1) is 9.47. The van der Waals surface area contributed by atoms with Crippen molar-refractivity contribution in [2.75, 3.05) is 0 Å². The monoisotopic (exact) mass is 269 g/mol. The largest absolute Gasteiger partial charge is 0.481 e. The molecule has 0 radical (unpaired) electrons. The molecule has 0 bridgehead atoms. The van der Waals surface area contributed by atoms with E-state index in [1.54, 1.807) is 0 Å². The van der Waals surface area contributed by atoms with E-state index in [9.17, 15) is 4.79 Å². The number of carboxylic acid groups (broad SMARTS) is 1. The van der Waals surface area contributed by atoms with E-state index in [0.717, 1.165) is 22.5 Å². The molecule has 0 saturated carbocycles. The predicted molar refractivity (Wildman–Crippen MR) is 79.8 cm³/mol. The van der Waals surface area contributed by atoms with Crippen LogP contribution in [0, 0.1) is 20.8 Å². The molecule has 20 heavy (non-hydrogen) atoms. The number of carboxylic acids is 1. The maximum absolute atomic E-state index is 10.6. The molecule has 0 atom stereocenters. The van der Waals surface area contributed by atoms with Crippen molar-refractivity contribution in [3.05, 3.63) is 52.7 Å². The van der Waals surface area contributed by atoms with Crippen LogP contribution in [0.2, 0.25) is 0 Å². The lowest BCUT2D eigenvalue weighted by Crippen LogP contribution is -2.01. The number of aryl methyl sites for hydroxylation is 4. The first kappa shape index (κ1) is 14.3. The highest BCUT2D eigenvalue weighted by molar-refractivity contribution is 5.67. The van der Waals surface area contributed by atoms with Gasteiger partial charge in [0.1, 0.15) is 0 Å². The molecule has 0 saturated heterocycles. The number of aliphatic carboxylic acids is 1. The fourth-order valence-electron chi connectivity index (χ4n) is 2.16. The van der Waals surface area contributed by atoms with Crippen molar-refractivity contribution in [1.29, 1.82) is 0 Å². The van der Waals surface area contributed by atoms with Gasteiger partial charge in [-0.05, 0) is 56.0 Å². The van der Waals surface area contributed by atoms with Crippen molar-refractivity contribution in [3.8, 4) is 11.3 Å². The number of carbonyl (C=O) groups is 1. The Morgan fingerprint density at radius 3 is 2.45 bits per heavy atom. The number of pyridine rings is 1. The molecule has 1 N–H and O–H groups in total. The van der Waals surface area contributed by atoms with Gasteiger partial charge in [-0.3, -0.25) is 9.78 Å². The minimum absolute atomic E-state index is 0.144. The van der Waals surface area contributed by atoms with Crippen molar-refractivity contribution < 1.29 is 9.90 Å². The molecule has 0 aliphatic rings. The lowest BCUT2D eigenvalue weighted by molar-refractivity contribution is -0.136. The molecule has 1 heterocycles. The highest BCUT2D eigenvalue weighted by atomic mass is 16.4. The third-order valence-electron chi connectivity index (χ3n) is 3.61. The Labute approximate surface area is 119 Å². The van der Waals surface area contributed by atoms with E-state index >= 15 is 0 Å². The Hall–Kier alpha value is -2.16. The molecule has 3 heteroatoms. The van der Waals surface area contributed by atoms with E-state index in [4.69, 9.17) is 5.11 Å². The highest BCUT2D eigenvalue weighted by Gasteiger charge is 2.06. The quantitative estimate of drug-likeness (QED) is 0.920. The number of nitrogens with zero attached hydrogens (tertiary/aromatic N) is 1. The van der Waals surface area contributed by atoms with Crippen LogP contribution in [0.25, 0.3) is 11.3 Å². The van der Waals surface area contributed by atoms with Gasteiger partial charge in [-0.25, -0.2) is 0 Å². The van der Waals surface area contributed by atoms with Gasteiger partial charge < -0.3 is 5.11 Å². The van der Waals surface area contributed by atoms with Crippen molar-refractivity contribution in [2.24, 2.45) is 0 Å². The zero-order chi connectivity index (χ0) is 14.7. The van der Waals surface area contributed by atoms with Gasteiger partial charge in [0, 0.05) is 17.7 Å². The van der Waals surface area contributed by atoms with Gasteiger partial charge in [0.25, 0.3) is 0 Å². The minimum Gasteiger partial charge on any atom is -0.481 e. The number of hydrogen-bond acceptors (Lipinski definition) is 2. The van der Waals surface area contributed by atoms with E-state index in [2.05, 4.69) is 37.0 Å². The van der Waals surface area contributed by atoms with Gasteiger partial charge in [0.2, 0.25) is 0 Å². The molecule has 0 aliphatic carbocycles. The number of hydrogen-bond donors (Lipinski definition) is 1. The first-order valence-electron chi connectivity index (χ1n) is 6.73. The molecular weight excluding hydrogens is 250 g/mol. The average Bonchev–Trinajstić information content (AvgIpc) is 2.40. The highest BCUT2D eigenvalue weighted by Crippen LogP contribution is 2.22. The summed E-state index contributed by atoms with van der Waals surface area (Å²) in [6, 6.07) is 10.2. The Balaban J connectivity index is 2.28. The summed E-state index contributed by atoms with van der Waals surface area (Å²) in [5, 5.41) is 8.73. The zero-order valence-corrected chi connectivity index (χ0v) is 12.1. The molecule has 0 aliphatic heterocycles. The van der Waals surface area contributed by atoms with Crippen LogP contribution in [0.4, 0.5) is 0 Å². The maximum Gasteiger partial charge on any atom is 0.303 e. The molecule has 104 valence electrons. The topological polar surface area (TPSA) is 50.2 Å². The molecule has 0 unspecified atom stereocenters. The lowest BCUT2D eigenvalue weighted by atomic mass is 10.0. The van der Waals surface area contributed by atoms with Crippen LogP contribution in [0.1, 0.15) is 28.8 Å². The van der Waals surface area contributed by atoms with Crippen LogP contribution in [-0.4, -0.2) is 16.1 Å². The average molecular weight is 269 g/mol. The van der Waals surface area contributed by atoms with Gasteiger partial charge in [-0.1, -0.05) is 18.2 Å². The van der Waals surface area contributed by atoms with Crippen molar-refractivity contribution >= 4 is 5.97 Å². The molecule has 0 fully saturated rings. The second-order valence-electron chi connectivity index (χ2n) is 5.13. The van der Waals surface area contributed by atoms with Gasteiger partial charge in [0.05, 0.1) is 5.69 Å². The summed E-state index contributed by atoms with van der Waals surface area (Å²) in [7, 11) is 0. The van der Waals surface area contributed by atoms with Gasteiger partial charge >= 0.3 is 5.97 Å². The molecule has 2 rings (SSSR count). The second-order valence-corrected chi connectivity index (χ2v) is 5.13. The van der Waals surface area contributed by atoms with E-state index in [-0.39, 0.29) is 6.42 Å². The molecule has 1 aromatic heterocycles. The standard InChI is InChI=1S/C17H19NO2/c1-11-4-5-15(10-12(11)2)16-8-6-14(13(3)18-16)7-9-17(19)20/h4-6,8,10H,7,9H2,1-3H3,(H,19,20). The van der Waals surface area contributed by atoms with Crippen LogP contribution < -0.4 is 0 Å². The maximum atomic E-state index is 10.6. The van der Waals surface area contributed by atoms with Crippen LogP contribution in [0.3, 0.4) is 0 Å². The van der Waals surface area contributed by atoms with E-state index in [0.29, 0.717) is 6.42 Å². The Morgan fingerprint density at radius 2 is 1.85 bits per heavy atom. The smallest absolute Gasteiger partial charge is 0.303 e. The lowest BCUT2D eigenvalue weighted by Gasteiger charge is -2.08. The normalized spacial score (nSPS) is 10.6. The number of benzene rings is 1. The SMILES string of the molecule is Cc1ccc(-c2ccc(CCC(=O)O)c(C)n2)cc1C. The number of aromatic nitrogens is 1. The molecule has 0 amide bonds. The third kappa shape index (κ3) is 3.23. The van der Waals surface area contributed by atoms with Crippen LogP contribution in [0.5, 0.6) is 0 Å². The minimum atomic E-state index is -0.775. The number of rotatable bonds is 4. The van der Waals surface area contributed by atoms with E-state index in [1.165, 1.54) is 11.1 Å². The Morgan fingerprint density at radius 1 is 1.10 bits per heavy atom. The summed E-state index contributed by atoms with van der Waals surface area (Å²) < 4.78 is 0. The van der Waals surface area contributed by atoms with Crippen molar-refractivity contribution in [3.63, 3.8) is 0 Å². The second kappa shape index (κ2) is 5.87. The summed E-state index contributed by atoms with van der Waals surface area (Å²) in [4.78, 5) is 15.2. The van der Waals surface area contributed by atoms with Crippen LogP contribution in [-0.2, 0) is 11.2 Å². The summed E-state index contributed by atoms with van der Waals surface area (Å²) in [6.07, 6.45) is 0.673. The summed E-state index contributed by atoms with van der Waals surface area (Å²) in [5.41, 5.74) is 6.45. The fraction of sp³-hybridized carbons (Fsp3) is 0.294.